The number of piperidine rings is 1. The molecule has 1 aromatic heterocycles. The van der Waals surface area contributed by atoms with Crippen molar-refractivity contribution in [3.05, 3.63) is 12.0 Å². The van der Waals surface area contributed by atoms with E-state index in [4.69, 9.17) is 4.42 Å². The molecule has 18 heavy (non-hydrogen) atoms. The third kappa shape index (κ3) is 3.48. The first-order valence-electron chi connectivity index (χ1n) is 6.92. The molecule has 1 unspecified atom stereocenters. The minimum Gasteiger partial charge on any atom is -0.432 e. The van der Waals surface area contributed by atoms with Crippen molar-refractivity contribution in [1.29, 1.82) is 0 Å². The third-order valence-electron chi connectivity index (χ3n) is 3.39. The predicted octanol–water partition coefficient (Wildman–Crippen LogP) is 2.94. The molecule has 1 aliphatic heterocycles. The molecular formula is C14H25N3O. The van der Waals surface area contributed by atoms with Crippen LogP contribution in [0.5, 0.6) is 0 Å². The second-order valence-electron chi connectivity index (χ2n) is 6.26. The van der Waals surface area contributed by atoms with Gasteiger partial charge in [0.1, 0.15) is 6.26 Å². The van der Waals surface area contributed by atoms with Gasteiger partial charge in [0.2, 0.25) is 0 Å². The van der Waals surface area contributed by atoms with Crippen LogP contribution < -0.4 is 10.2 Å². The van der Waals surface area contributed by atoms with Gasteiger partial charge in [-0.15, -0.1) is 0 Å². The molecule has 1 atom stereocenters. The molecule has 0 spiro atoms. The fourth-order valence-corrected chi connectivity index (χ4v) is 2.25. The largest absolute Gasteiger partial charge is 0.432 e. The summed E-state index contributed by atoms with van der Waals surface area (Å²) in [6, 6.07) is 1.33. The number of oxazole rings is 1. The lowest BCUT2D eigenvalue weighted by molar-refractivity contribution is 0.420. The number of aromatic nitrogens is 1. The zero-order valence-corrected chi connectivity index (χ0v) is 12.0. The van der Waals surface area contributed by atoms with Crippen molar-refractivity contribution in [3.8, 4) is 0 Å². The number of hydrogen-bond acceptors (Lipinski definition) is 4. The molecule has 0 saturated carbocycles. The SMILES string of the molecule is CC1CCCCN1c1nc(CNC(C)(C)C)co1. The Hall–Kier alpha value is -1.03. The number of anilines is 1. The molecular weight excluding hydrogens is 226 g/mol. The Kier molecular flexibility index (Phi) is 3.95. The van der Waals surface area contributed by atoms with Gasteiger partial charge in [-0.1, -0.05) is 0 Å². The van der Waals surface area contributed by atoms with E-state index >= 15 is 0 Å². The Balaban J connectivity index is 1.97. The Morgan fingerprint density at radius 2 is 2.22 bits per heavy atom. The average Bonchev–Trinajstić information content (AvgIpc) is 2.75. The van der Waals surface area contributed by atoms with E-state index in [9.17, 15) is 0 Å². The fraction of sp³-hybridized carbons (Fsp3) is 0.786. The maximum Gasteiger partial charge on any atom is 0.297 e. The topological polar surface area (TPSA) is 41.3 Å². The second kappa shape index (κ2) is 5.31. The second-order valence-corrected chi connectivity index (χ2v) is 6.26. The number of nitrogens with zero attached hydrogens (tertiary/aromatic N) is 2. The summed E-state index contributed by atoms with van der Waals surface area (Å²) in [5.41, 5.74) is 1.09. The Morgan fingerprint density at radius 1 is 1.44 bits per heavy atom. The molecule has 0 amide bonds. The molecule has 1 aliphatic rings. The molecule has 2 heterocycles. The summed E-state index contributed by atoms with van der Waals surface area (Å²) in [7, 11) is 0. The van der Waals surface area contributed by atoms with Crippen molar-refractivity contribution in [2.75, 3.05) is 11.4 Å². The van der Waals surface area contributed by atoms with Gasteiger partial charge in [0, 0.05) is 24.7 Å². The Labute approximate surface area is 110 Å². The number of hydrogen-bond donors (Lipinski definition) is 1. The van der Waals surface area contributed by atoms with E-state index in [-0.39, 0.29) is 5.54 Å². The zero-order chi connectivity index (χ0) is 13.2. The maximum atomic E-state index is 5.61. The quantitative estimate of drug-likeness (QED) is 0.896. The van der Waals surface area contributed by atoms with E-state index in [1.54, 1.807) is 6.26 Å². The summed E-state index contributed by atoms with van der Waals surface area (Å²) < 4.78 is 5.61. The number of nitrogens with one attached hydrogen (secondary N) is 1. The molecule has 1 fully saturated rings. The first-order valence-corrected chi connectivity index (χ1v) is 6.92. The van der Waals surface area contributed by atoms with Crippen molar-refractivity contribution in [2.45, 2.75) is 65.1 Å². The van der Waals surface area contributed by atoms with Gasteiger partial charge in [0.15, 0.2) is 0 Å². The van der Waals surface area contributed by atoms with Gasteiger partial charge in [0.25, 0.3) is 6.01 Å². The predicted molar refractivity (Wildman–Crippen MR) is 73.8 cm³/mol. The van der Waals surface area contributed by atoms with Gasteiger partial charge in [-0.25, -0.2) is 0 Å². The monoisotopic (exact) mass is 251 g/mol. The van der Waals surface area contributed by atoms with Crippen LogP contribution >= 0.6 is 0 Å². The Bertz CT molecular complexity index is 381. The summed E-state index contributed by atoms with van der Waals surface area (Å²) >= 11 is 0. The van der Waals surface area contributed by atoms with E-state index in [0.29, 0.717) is 6.04 Å². The van der Waals surface area contributed by atoms with Crippen molar-refractivity contribution in [1.82, 2.24) is 10.3 Å². The lowest BCUT2D eigenvalue weighted by Crippen LogP contribution is -2.37. The minimum atomic E-state index is 0.109. The molecule has 0 aromatic carbocycles. The lowest BCUT2D eigenvalue weighted by atomic mass is 10.0. The highest BCUT2D eigenvalue weighted by molar-refractivity contribution is 5.29. The normalized spacial score (nSPS) is 21.3. The Morgan fingerprint density at radius 3 is 2.89 bits per heavy atom. The van der Waals surface area contributed by atoms with Gasteiger partial charge in [-0.05, 0) is 47.0 Å². The molecule has 0 aliphatic carbocycles. The molecule has 2 rings (SSSR count). The molecule has 0 bridgehead atoms. The van der Waals surface area contributed by atoms with Gasteiger partial charge in [-0.3, -0.25) is 0 Å². The molecule has 0 radical (unpaired) electrons. The molecule has 1 aromatic rings. The van der Waals surface area contributed by atoms with Gasteiger partial charge in [0.05, 0.1) is 5.69 Å². The highest BCUT2D eigenvalue weighted by atomic mass is 16.4. The van der Waals surface area contributed by atoms with E-state index in [1.165, 1.54) is 19.3 Å². The zero-order valence-electron chi connectivity index (χ0n) is 12.0. The summed E-state index contributed by atoms with van der Waals surface area (Å²) in [5, 5.41) is 3.42. The number of rotatable bonds is 3. The van der Waals surface area contributed by atoms with Crippen LogP contribution in [0, 0.1) is 0 Å². The first kappa shape index (κ1) is 13.4. The van der Waals surface area contributed by atoms with E-state index < -0.39 is 0 Å². The highest BCUT2D eigenvalue weighted by Gasteiger charge is 2.22. The smallest absolute Gasteiger partial charge is 0.297 e. The van der Waals surface area contributed by atoms with Gasteiger partial charge in [-0.2, -0.15) is 4.98 Å². The molecule has 1 N–H and O–H groups in total. The molecule has 4 nitrogen and oxygen atoms in total. The van der Waals surface area contributed by atoms with Gasteiger partial charge >= 0.3 is 0 Å². The van der Waals surface area contributed by atoms with Crippen LogP contribution in [-0.2, 0) is 6.54 Å². The standard InChI is InChI=1S/C14H25N3O/c1-11-7-5-6-8-17(11)13-16-12(10-18-13)9-15-14(2,3)4/h10-11,15H,5-9H2,1-4H3. The molecule has 1 saturated heterocycles. The highest BCUT2D eigenvalue weighted by Crippen LogP contribution is 2.23. The summed E-state index contributed by atoms with van der Waals surface area (Å²) in [6.45, 7) is 10.5. The average molecular weight is 251 g/mol. The van der Waals surface area contributed by atoms with Crippen LogP contribution in [0.3, 0.4) is 0 Å². The lowest BCUT2D eigenvalue weighted by Gasteiger charge is -2.31. The molecule has 4 heteroatoms. The summed E-state index contributed by atoms with van der Waals surface area (Å²) in [5.74, 6) is 0. The van der Waals surface area contributed by atoms with Crippen LogP contribution in [0.2, 0.25) is 0 Å². The summed E-state index contributed by atoms with van der Waals surface area (Å²) in [6.07, 6.45) is 5.56. The summed E-state index contributed by atoms with van der Waals surface area (Å²) in [4.78, 5) is 6.87. The van der Waals surface area contributed by atoms with Crippen molar-refractivity contribution >= 4 is 6.01 Å². The van der Waals surface area contributed by atoms with Crippen LogP contribution in [0.25, 0.3) is 0 Å². The van der Waals surface area contributed by atoms with Crippen LogP contribution in [0.15, 0.2) is 10.7 Å². The molecule has 102 valence electrons. The first-order chi connectivity index (χ1) is 8.46. The van der Waals surface area contributed by atoms with E-state index in [0.717, 1.165) is 24.8 Å². The van der Waals surface area contributed by atoms with Crippen LogP contribution in [0.1, 0.15) is 52.7 Å². The van der Waals surface area contributed by atoms with Crippen LogP contribution in [0.4, 0.5) is 6.01 Å². The third-order valence-corrected chi connectivity index (χ3v) is 3.39. The van der Waals surface area contributed by atoms with Gasteiger partial charge < -0.3 is 14.6 Å². The van der Waals surface area contributed by atoms with Crippen molar-refractivity contribution < 1.29 is 4.42 Å². The maximum absolute atomic E-state index is 5.61. The fourth-order valence-electron chi connectivity index (χ4n) is 2.25. The minimum absolute atomic E-state index is 0.109. The van der Waals surface area contributed by atoms with Crippen molar-refractivity contribution in [2.24, 2.45) is 0 Å². The van der Waals surface area contributed by atoms with Crippen molar-refractivity contribution in [3.63, 3.8) is 0 Å². The van der Waals surface area contributed by atoms with E-state index in [1.807, 2.05) is 0 Å². The van der Waals surface area contributed by atoms with E-state index in [2.05, 4.69) is 42.9 Å². The van der Waals surface area contributed by atoms with Crippen LogP contribution in [-0.4, -0.2) is 23.1 Å².